The third-order valence-corrected chi connectivity index (χ3v) is 6.28. The van der Waals surface area contributed by atoms with E-state index in [1.165, 1.54) is 12.1 Å². The molecule has 0 saturated heterocycles. The second kappa shape index (κ2) is 8.02. The summed E-state index contributed by atoms with van der Waals surface area (Å²) in [6.45, 7) is 4.00. The topological polar surface area (TPSA) is 92.8 Å². The second-order valence-corrected chi connectivity index (χ2v) is 8.66. The van der Waals surface area contributed by atoms with Crippen LogP contribution in [0.15, 0.2) is 47.4 Å². The summed E-state index contributed by atoms with van der Waals surface area (Å²) in [4.78, 5) is 26.1. The third-order valence-electron chi connectivity index (χ3n) is 4.53. The maximum atomic E-state index is 12.3. The number of sulfone groups is 1. The van der Waals surface area contributed by atoms with Gasteiger partial charge in [-0.1, -0.05) is 19.1 Å². The van der Waals surface area contributed by atoms with E-state index in [4.69, 9.17) is 4.74 Å². The van der Waals surface area contributed by atoms with E-state index in [9.17, 15) is 18.0 Å². The first-order chi connectivity index (χ1) is 13.3. The van der Waals surface area contributed by atoms with Crippen LogP contribution in [-0.2, 0) is 25.8 Å². The molecule has 1 N–H and O–H groups in total. The molecule has 1 heterocycles. The van der Waals surface area contributed by atoms with Crippen LogP contribution in [-0.4, -0.2) is 39.1 Å². The summed E-state index contributed by atoms with van der Waals surface area (Å²) in [6.07, 6.45) is 0.115. The Hall–Kier alpha value is -2.87. The Morgan fingerprint density at radius 2 is 1.86 bits per heavy atom. The number of ether oxygens (including phenoxy) is 1. The molecule has 2 amide bonds. The standard InChI is InChI=1S/C20H22N2O5S/c1-3-22-17-10-7-15(12-18(17)27-13-20(22)24)21-19(23)11-14-5-8-16(9-6-14)28(25,26)4-2/h5-10,12H,3-4,11,13H2,1-2H3,(H,21,23). The minimum atomic E-state index is -3.25. The first-order valence-corrected chi connectivity index (χ1v) is 10.7. The predicted octanol–water partition coefficient (Wildman–Crippen LogP) is 2.41. The fourth-order valence-electron chi connectivity index (χ4n) is 3.00. The fourth-order valence-corrected chi connectivity index (χ4v) is 3.88. The number of anilines is 2. The summed E-state index contributed by atoms with van der Waals surface area (Å²) in [6, 6.07) is 11.5. The molecule has 0 aromatic heterocycles. The van der Waals surface area contributed by atoms with Gasteiger partial charge in [-0.2, -0.15) is 0 Å². The van der Waals surface area contributed by atoms with Gasteiger partial charge >= 0.3 is 0 Å². The van der Waals surface area contributed by atoms with Crippen molar-refractivity contribution in [2.24, 2.45) is 0 Å². The monoisotopic (exact) mass is 402 g/mol. The van der Waals surface area contributed by atoms with Gasteiger partial charge in [0, 0.05) is 18.3 Å². The molecule has 148 valence electrons. The largest absolute Gasteiger partial charge is 0.481 e. The highest BCUT2D eigenvalue weighted by molar-refractivity contribution is 7.91. The minimum absolute atomic E-state index is 0.0226. The third kappa shape index (κ3) is 4.17. The molecular weight excluding hydrogens is 380 g/mol. The van der Waals surface area contributed by atoms with E-state index in [1.807, 2.05) is 6.92 Å². The number of carbonyl (C=O) groups is 2. The number of hydrogen-bond donors (Lipinski definition) is 1. The summed E-state index contributed by atoms with van der Waals surface area (Å²) in [5, 5.41) is 2.80. The Bertz CT molecular complexity index is 1000. The highest BCUT2D eigenvalue weighted by Crippen LogP contribution is 2.34. The molecule has 28 heavy (non-hydrogen) atoms. The van der Waals surface area contributed by atoms with Crippen molar-refractivity contribution in [3.63, 3.8) is 0 Å². The maximum Gasteiger partial charge on any atom is 0.265 e. The van der Waals surface area contributed by atoms with Crippen LogP contribution in [0.25, 0.3) is 0 Å². The second-order valence-electron chi connectivity index (χ2n) is 6.38. The molecule has 0 radical (unpaired) electrons. The van der Waals surface area contributed by atoms with Gasteiger partial charge in [-0.05, 0) is 36.8 Å². The van der Waals surface area contributed by atoms with Crippen LogP contribution in [0.1, 0.15) is 19.4 Å². The predicted molar refractivity (Wildman–Crippen MR) is 106 cm³/mol. The van der Waals surface area contributed by atoms with E-state index in [-0.39, 0.29) is 35.5 Å². The van der Waals surface area contributed by atoms with E-state index >= 15 is 0 Å². The number of rotatable bonds is 6. The van der Waals surface area contributed by atoms with Crippen LogP contribution in [0.2, 0.25) is 0 Å². The zero-order chi connectivity index (χ0) is 20.3. The zero-order valence-corrected chi connectivity index (χ0v) is 16.6. The van der Waals surface area contributed by atoms with Gasteiger partial charge in [-0.25, -0.2) is 8.42 Å². The Morgan fingerprint density at radius 1 is 1.14 bits per heavy atom. The molecule has 0 atom stereocenters. The number of likely N-dealkylation sites (N-methyl/N-ethyl adjacent to an activating group) is 1. The van der Waals surface area contributed by atoms with Crippen LogP contribution >= 0.6 is 0 Å². The number of nitrogens with one attached hydrogen (secondary N) is 1. The molecule has 0 spiro atoms. The summed E-state index contributed by atoms with van der Waals surface area (Å²) in [7, 11) is -3.25. The van der Waals surface area contributed by atoms with Crippen molar-refractivity contribution in [3.8, 4) is 5.75 Å². The number of nitrogens with zero attached hydrogens (tertiary/aromatic N) is 1. The zero-order valence-electron chi connectivity index (χ0n) is 15.8. The lowest BCUT2D eigenvalue weighted by molar-refractivity contribution is -0.121. The van der Waals surface area contributed by atoms with Crippen LogP contribution in [0.4, 0.5) is 11.4 Å². The quantitative estimate of drug-likeness (QED) is 0.801. The molecule has 0 saturated carbocycles. The summed E-state index contributed by atoms with van der Waals surface area (Å²) < 4.78 is 29.1. The van der Waals surface area contributed by atoms with Crippen LogP contribution < -0.4 is 15.0 Å². The van der Waals surface area contributed by atoms with Crippen LogP contribution in [0.3, 0.4) is 0 Å². The van der Waals surface area contributed by atoms with Gasteiger partial charge in [0.2, 0.25) is 5.91 Å². The highest BCUT2D eigenvalue weighted by atomic mass is 32.2. The number of fused-ring (bicyclic) bond motifs is 1. The number of benzene rings is 2. The average Bonchev–Trinajstić information content (AvgIpc) is 2.68. The molecule has 0 unspecified atom stereocenters. The first kappa shape index (κ1) is 19.9. The molecule has 2 aromatic carbocycles. The SMILES string of the molecule is CCN1C(=O)COc2cc(NC(=O)Cc3ccc(S(=O)(=O)CC)cc3)ccc21. The summed E-state index contributed by atoms with van der Waals surface area (Å²) in [5.41, 5.74) is 1.97. The Balaban J connectivity index is 1.68. The summed E-state index contributed by atoms with van der Waals surface area (Å²) >= 11 is 0. The maximum absolute atomic E-state index is 12.3. The van der Waals surface area contributed by atoms with Gasteiger partial charge in [0.25, 0.3) is 5.91 Å². The van der Waals surface area contributed by atoms with Crippen LogP contribution in [0, 0.1) is 0 Å². The fraction of sp³-hybridized carbons (Fsp3) is 0.300. The summed E-state index contributed by atoms with van der Waals surface area (Å²) in [5.74, 6) is 0.257. The van der Waals surface area contributed by atoms with Gasteiger partial charge in [-0.3, -0.25) is 9.59 Å². The van der Waals surface area contributed by atoms with Crippen molar-refractivity contribution in [3.05, 3.63) is 48.0 Å². The molecule has 0 bridgehead atoms. The lowest BCUT2D eigenvalue weighted by atomic mass is 10.1. The molecule has 0 fully saturated rings. The van der Waals surface area contributed by atoms with E-state index < -0.39 is 9.84 Å². The van der Waals surface area contributed by atoms with E-state index in [0.29, 0.717) is 29.2 Å². The van der Waals surface area contributed by atoms with Gasteiger partial charge in [0.05, 0.1) is 22.8 Å². The molecule has 2 aromatic rings. The van der Waals surface area contributed by atoms with E-state index in [2.05, 4.69) is 5.32 Å². The van der Waals surface area contributed by atoms with Gasteiger partial charge in [0.1, 0.15) is 5.75 Å². The molecule has 0 aliphatic carbocycles. The Labute approximate surface area is 164 Å². The molecule has 1 aliphatic heterocycles. The van der Waals surface area contributed by atoms with Crippen molar-refractivity contribution in [1.29, 1.82) is 0 Å². The smallest absolute Gasteiger partial charge is 0.265 e. The molecule has 1 aliphatic rings. The Morgan fingerprint density at radius 3 is 2.50 bits per heavy atom. The lowest BCUT2D eigenvalue weighted by Crippen LogP contribution is -2.38. The molecule has 8 heteroatoms. The van der Waals surface area contributed by atoms with Crippen molar-refractivity contribution in [2.75, 3.05) is 29.1 Å². The number of hydrogen-bond acceptors (Lipinski definition) is 5. The van der Waals surface area contributed by atoms with Crippen molar-refractivity contribution in [1.82, 2.24) is 0 Å². The minimum Gasteiger partial charge on any atom is -0.481 e. The Kier molecular flexibility index (Phi) is 5.69. The number of amides is 2. The van der Waals surface area contributed by atoms with Gasteiger partial charge in [-0.15, -0.1) is 0 Å². The van der Waals surface area contributed by atoms with Crippen molar-refractivity contribution in [2.45, 2.75) is 25.2 Å². The van der Waals surface area contributed by atoms with Crippen LogP contribution in [0.5, 0.6) is 5.75 Å². The number of carbonyl (C=O) groups excluding carboxylic acids is 2. The highest BCUT2D eigenvalue weighted by Gasteiger charge is 2.24. The molecule has 3 rings (SSSR count). The van der Waals surface area contributed by atoms with E-state index in [1.54, 1.807) is 42.2 Å². The van der Waals surface area contributed by atoms with Crippen molar-refractivity contribution < 1.29 is 22.7 Å². The van der Waals surface area contributed by atoms with E-state index in [0.717, 1.165) is 0 Å². The lowest BCUT2D eigenvalue weighted by Gasteiger charge is -2.28. The van der Waals surface area contributed by atoms with Gasteiger partial charge in [0.15, 0.2) is 16.4 Å². The average molecular weight is 402 g/mol. The van der Waals surface area contributed by atoms with Gasteiger partial charge < -0.3 is 15.0 Å². The molecular formula is C20H22N2O5S. The normalized spacial score (nSPS) is 13.6. The molecule has 7 nitrogen and oxygen atoms in total. The van der Waals surface area contributed by atoms with Crippen molar-refractivity contribution >= 4 is 33.0 Å². The first-order valence-electron chi connectivity index (χ1n) is 9.02.